The molecule has 0 radical (unpaired) electrons. The lowest BCUT2D eigenvalue weighted by molar-refractivity contribution is 0.600. The zero-order chi connectivity index (χ0) is 11.3. The number of nitrogens with zero attached hydrogens (tertiary/aromatic N) is 2. The summed E-state index contributed by atoms with van der Waals surface area (Å²) in [6, 6.07) is 0. The van der Waals surface area contributed by atoms with Crippen LogP contribution in [0.25, 0.3) is 0 Å². The molecule has 7 heteroatoms. The first kappa shape index (κ1) is 12.9. The Labute approximate surface area is 98.6 Å². The molecule has 0 bridgehead atoms. The lowest BCUT2D eigenvalue weighted by atomic mass is 10.5. The monoisotopic (exact) mass is 266 g/mol. The molecule has 15 heavy (non-hydrogen) atoms. The number of rotatable bonds is 6. The molecular weight excluding hydrogens is 252 g/mol. The number of hydrogen-bond acceptors (Lipinski definition) is 6. The van der Waals surface area contributed by atoms with Crippen LogP contribution in [0, 0.1) is 0 Å². The molecule has 0 amide bonds. The predicted molar refractivity (Wildman–Crippen MR) is 64.3 cm³/mol. The smallest absolute Gasteiger partial charge is 0.170 e. The zero-order valence-electron chi connectivity index (χ0n) is 8.76. The summed E-state index contributed by atoms with van der Waals surface area (Å²) >= 11 is 2.96. The SMILES string of the molecule is CCc1nsc(SCCCS(C)(=O)=O)n1. The van der Waals surface area contributed by atoms with E-state index in [1.54, 1.807) is 11.8 Å². The first-order valence-electron chi connectivity index (χ1n) is 4.64. The van der Waals surface area contributed by atoms with Crippen LogP contribution in [0.1, 0.15) is 19.2 Å². The highest BCUT2D eigenvalue weighted by Crippen LogP contribution is 2.20. The molecule has 86 valence electrons. The normalized spacial score (nSPS) is 11.9. The molecule has 4 nitrogen and oxygen atoms in total. The summed E-state index contributed by atoms with van der Waals surface area (Å²) in [5.74, 6) is 1.90. The van der Waals surface area contributed by atoms with Crippen LogP contribution in [0.15, 0.2) is 4.34 Å². The van der Waals surface area contributed by atoms with E-state index in [1.165, 1.54) is 17.8 Å². The molecule has 0 unspecified atom stereocenters. The molecule has 0 spiro atoms. The number of hydrogen-bond donors (Lipinski definition) is 0. The minimum Gasteiger partial charge on any atom is -0.229 e. The zero-order valence-corrected chi connectivity index (χ0v) is 11.2. The van der Waals surface area contributed by atoms with Crippen LogP contribution in [-0.4, -0.2) is 35.5 Å². The third-order valence-electron chi connectivity index (χ3n) is 1.65. The van der Waals surface area contributed by atoms with Gasteiger partial charge in [0.05, 0.1) is 5.75 Å². The molecule has 0 saturated heterocycles. The largest absolute Gasteiger partial charge is 0.229 e. The van der Waals surface area contributed by atoms with Crippen molar-refractivity contribution in [2.45, 2.75) is 24.1 Å². The van der Waals surface area contributed by atoms with E-state index in [4.69, 9.17) is 0 Å². The second-order valence-corrected chi connectivity index (χ2v) is 7.52. The Morgan fingerprint density at radius 3 is 2.73 bits per heavy atom. The van der Waals surface area contributed by atoms with Crippen LogP contribution < -0.4 is 0 Å². The van der Waals surface area contributed by atoms with E-state index in [0.717, 1.165) is 22.3 Å². The maximum atomic E-state index is 10.9. The number of aromatic nitrogens is 2. The van der Waals surface area contributed by atoms with Gasteiger partial charge in [-0.2, -0.15) is 4.37 Å². The lowest BCUT2D eigenvalue weighted by Gasteiger charge is -1.96. The van der Waals surface area contributed by atoms with Gasteiger partial charge in [-0.15, -0.1) is 0 Å². The van der Waals surface area contributed by atoms with Crippen molar-refractivity contribution < 1.29 is 8.42 Å². The highest BCUT2D eigenvalue weighted by atomic mass is 32.2. The van der Waals surface area contributed by atoms with Gasteiger partial charge in [0.25, 0.3) is 0 Å². The van der Waals surface area contributed by atoms with Crippen LogP contribution >= 0.6 is 23.3 Å². The molecule has 0 N–H and O–H groups in total. The van der Waals surface area contributed by atoms with Gasteiger partial charge in [-0.25, -0.2) is 13.4 Å². The van der Waals surface area contributed by atoms with E-state index >= 15 is 0 Å². The van der Waals surface area contributed by atoms with Crippen molar-refractivity contribution in [1.82, 2.24) is 9.36 Å². The van der Waals surface area contributed by atoms with E-state index < -0.39 is 9.84 Å². The molecule has 0 saturated carbocycles. The van der Waals surface area contributed by atoms with E-state index in [-0.39, 0.29) is 5.75 Å². The van der Waals surface area contributed by atoms with Gasteiger partial charge < -0.3 is 0 Å². The van der Waals surface area contributed by atoms with Gasteiger partial charge in [-0.1, -0.05) is 18.7 Å². The molecule has 0 aromatic carbocycles. The fourth-order valence-electron chi connectivity index (χ4n) is 0.921. The summed E-state index contributed by atoms with van der Waals surface area (Å²) in [6.45, 7) is 2.01. The molecule has 1 heterocycles. The average molecular weight is 266 g/mol. The van der Waals surface area contributed by atoms with Crippen LogP contribution in [-0.2, 0) is 16.3 Å². The minimum absolute atomic E-state index is 0.249. The van der Waals surface area contributed by atoms with Crippen molar-refractivity contribution >= 4 is 33.1 Å². The highest BCUT2D eigenvalue weighted by molar-refractivity contribution is 8.01. The fraction of sp³-hybridized carbons (Fsp3) is 0.750. The Morgan fingerprint density at radius 1 is 1.47 bits per heavy atom. The van der Waals surface area contributed by atoms with Crippen molar-refractivity contribution in [3.05, 3.63) is 5.82 Å². The Hall–Kier alpha value is -0.140. The van der Waals surface area contributed by atoms with Crippen molar-refractivity contribution in [3.63, 3.8) is 0 Å². The summed E-state index contributed by atoms with van der Waals surface area (Å²) in [4.78, 5) is 4.28. The second kappa shape index (κ2) is 5.81. The Balaban J connectivity index is 2.26. The fourth-order valence-corrected chi connectivity index (χ4v) is 3.48. The maximum Gasteiger partial charge on any atom is 0.170 e. The number of sulfone groups is 1. The third-order valence-corrected chi connectivity index (χ3v) is 4.64. The number of thioether (sulfide) groups is 1. The molecule has 0 aliphatic rings. The van der Waals surface area contributed by atoms with E-state index in [2.05, 4.69) is 9.36 Å². The first-order chi connectivity index (χ1) is 7.01. The molecule has 1 rings (SSSR count). The van der Waals surface area contributed by atoms with Crippen LogP contribution in [0.4, 0.5) is 0 Å². The average Bonchev–Trinajstić information content (AvgIpc) is 2.59. The molecule has 1 aromatic rings. The summed E-state index contributed by atoms with van der Waals surface area (Å²) < 4.78 is 26.8. The quantitative estimate of drug-likeness (QED) is 0.578. The first-order valence-corrected chi connectivity index (χ1v) is 8.46. The van der Waals surface area contributed by atoms with Crippen molar-refractivity contribution in [1.29, 1.82) is 0 Å². The van der Waals surface area contributed by atoms with Gasteiger partial charge in [0.1, 0.15) is 15.7 Å². The predicted octanol–water partition coefficient (Wildman–Crippen LogP) is 1.63. The summed E-state index contributed by atoms with van der Waals surface area (Å²) in [5.41, 5.74) is 0. The third kappa shape index (κ3) is 5.48. The Kier molecular flexibility index (Phi) is 5.01. The molecule has 1 aromatic heterocycles. The summed E-state index contributed by atoms with van der Waals surface area (Å²) in [5, 5.41) is 0. The molecule has 0 fully saturated rings. The van der Waals surface area contributed by atoms with Gasteiger partial charge in [-0.05, 0) is 18.0 Å². The van der Waals surface area contributed by atoms with Crippen molar-refractivity contribution in [2.24, 2.45) is 0 Å². The van der Waals surface area contributed by atoms with Gasteiger partial charge in [0.2, 0.25) is 0 Å². The standard InChI is InChI=1S/C8H14N2O2S3/c1-3-7-9-8(14-10-7)13-5-4-6-15(2,11)12/h3-6H2,1-2H3. The maximum absolute atomic E-state index is 10.9. The molecular formula is C8H14N2O2S3. The molecule has 0 aliphatic heterocycles. The Morgan fingerprint density at radius 2 is 2.20 bits per heavy atom. The number of aryl methyl sites for hydroxylation is 1. The van der Waals surface area contributed by atoms with Gasteiger partial charge in [0.15, 0.2) is 4.34 Å². The van der Waals surface area contributed by atoms with Crippen LogP contribution in [0.2, 0.25) is 0 Å². The minimum atomic E-state index is -2.82. The van der Waals surface area contributed by atoms with Gasteiger partial charge in [0, 0.05) is 18.4 Å². The van der Waals surface area contributed by atoms with Crippen molar-refractivity contribution in [3.8, 4) is 0 Å². The van der Waals surface area contributed by atoms with Crippen molar-refractivity contribution in [2.75, 3.05) is 17.8 Å². The van der Waals surface area contributed by atoms with E-state index in [1.807, 2.05) is 6.92 Å². The highest BCUT2D eigenvalue weighted by Gasteiger charge is 2.05. The second-order valence-electron chi connectivity index (χ2n) is 3.16. The molecule has 0 atom stereocenters. The molecule has 0 aliphatic carbocycles. The lowest BCUT2D eigenvalue weighted by Crippen LogP contribution is -2.03. The van der Waals surface area contributed by atoms with Crippen LogP contribution in [0.5, 0.6) is 0 Å². The topological polar surface area (TPSA) is 59.9 Å². The summed E-state index contributed by atoms with van der Waals surface area (Å²) in [6.07, 6.45) is 2.78. The van der Waals surface area contributed by atoms with Gasteiger partial charge in [-0.3, -0.25) is 0 Å². The van der Waals surface area contributed by atoms with E-state index in [9.17, 15) is 8.42 Å². The summed E-state index contributed by atoms with van der Waals surface area (Å²) in [7, 11) is -2.82. The van der Waals surface area contributed by atoms with Gasteiger partial charge >= 0.3 is 0 Å². The van der Waals surface area contributed by atoms with Crippen LogP contribution in [0.3, 0.4) is 0 Å². The Bertz CT molecular complexity index is 400. The van der Waals surface area contributed by atoms with E-state index in [0.29, 0.717) is 6.42 Å².